The van der Waals surface area contributed by atoms with Crippen molar-refractivity contribution in [2.75, 3.05) is 35.7 Å². The third-order valence-corrected chi connectivity index (χ3v) is 4.58. The first-order valence-corrected chi connectivity index (χ1v) is 8.14. The molecular weight excluding hydrogens is 304 g/mol. The van der Waals surface area contributed by atoms with E-state index in [0.717, 1.165) is 29.9 Å². The summed E-state index contributed by atoms with van der Waals surface area (Å²) in [5, 5.41) is 17.9. The van der Waals surface area contributed by atoms with Crippen molar-refractivity contribution in [3.8, 4) is 0 Å². The normalized spacial score (nSPS) is 13.8. The van der Waals surface area contributed by atoms with E-state index in [1.165, 1.54) is 0 Å². The molecule has 0 radical (unpaired) electrons. The van der Waals surface area contributed by atoms with E-state index in [1.54, 1.807) is 12.1 Å². The number of hydrogen-bond acceptors (Lipinski definition) is 5. The number of anilines is 3. The van der Waals surface area contributed by atoms with Gasteiger partial charge in [-0.1, -0.05) is 18.2 Å². The van der Waals surface area contributed by atoms with Crippen molar-refractivity contribution in [1.82, 2.24) is 0 Å². The number of nitrogens with one attached hydrogen (secondary N) is 2. The van der Waals surface area contributed by atoms with Gasteiger partial charge in [-0.15, -0.1) is 0 Å². The average molecular weight is 326 g/mol. The summed E-state index contributed by atoms with van der Waals surface area (Å²) in [6.07, 6.45) is 0.808. The van der Waals surface area contributed by atoms with Gasteiger partial charge in [-0.3, -0.25) is 10.1 Å². The Bertz CT molecular complexity index is 733. The van der Waals surface area contributed by atoms with Crippen molar-refractivity contribution in [2.45, 2.75) is 19.4 Å². The predicted molar refractivity (Wildman–Crippen MR) is 98.1 cm³/mol. The fraction of sp³-hybridized carbons (Fsp3) is 0.333. The van der Waals surface area contributed by atoms with Crippen molar-refractivity contribution in [2.24, 2.45) is 0 Å². The lowest BCUT2D eigenvalue weighted by molar-refractivity contribution is -0.384. The van der Waals surface area contributed by atoms with Gasteiger partial charge in [0.15, 0.2) is 0 Å². The molecule has 0 saturated heterocycles. The Kier molecular flexibility index (Phi) is 4.55. The first kappa shape index (κ1) is 16.1. The molecule has 1 heterocycles. The number of fused-ring (bicyclic) bond motifs is 1. The van der Waals surface area contributed by atoms with Gasteiger partial charge in [-0.2, -0.15) is 0 Å². The fourth-order valence-electron chi connectivity index (χ4n) is 3.04. The van der Waals surface area contributed by atoms with E-state index >= 15 is 0 Å². The van der Waals surface area contributed by atoms with Crippen LogP contribution in [0.15, 0.2) is 42.5 Å². The summed E-state index contributed by atoms with van der Waals surface area (Å²) in [6.45, 7) is 3.56. The summed E-state index contributed by atoms with van der Waals surface area (Å²) in [4.78, 5) is 13.2. The van der Waals surface area contributed by atoms with E-state index in [4.69, 9.17) is 0 Å². The SMILES string of the molecule is CC(CNc1c([N+](=O)[O-])ccc2c1CCN2)N(C)c1ccccc1. The molecule has 0 aliphatic carbocycles. The standard InChI is InChI=1S/C18H22N4O2/c1-13(21(2)14-6-4-3-5-7-14)12-20-18-15-10-11-19-16(15)8-9-17(18)22(23)24/h3-9,13,19-20H,10-12H2,1-2H3. The van der Waals surface area contributed by atoms with Crippen LogP contribution in [0.25, 0.3) is 0 Å². The van der Waals surface area contributed by atoms with Crippen molar-refractivity contribution in [3.63, 3.8) is 0 Å². The number of benzene rings is 2. The number of hydrogen-bond donors (Lipinski definition) is 2. The van der Waals surface area contributed by atoms with Gasteiger partial charge in [0.25, 0.3) is 5.69 Å². The van der Waals surface area contributed by atoms with Crippen molar-refractivity contribution < 1.29 is 4.92 Å². The summed E-state index contributed by atoms with van der Waals surface area (Å²) < 4.78 is 0. The molecule has 1 unspecified atom stereocenters. The summed E-state index contributed by atoms with van der Waals surface area (Å²) >= 11 is 0. The second kappa shape index (κ2) is 6.78. The van der Waals surface area contributed by atoms with E-state index in [1.807, 2.05) is 25.2 Å². The molecule has 6 heteroatoms. The molecule has 1 atom stereocenters. The number of likely N-dealkylation sites (N-methyl/N-ethyl adjacent to an activating group) is 1. The summed E-state index contributed by atoms with van der Waals surface area (Å²) in [7, 11) is 2.03. The lowest BCUT2D eigenvalue weighted by Crippen LogP contribution is -2.35. The minimum Gasteiger partial charge on any atom is -0.384 e. The van der Waals surface area contributed by atoms with Crippen LogP contribution in [0.5, 0.6) is 0 Å². The molecular formula is C18H22N4O2. The fourth-order valence-corrected chi connectivity index (χ4v) is 3.04. The number of nitro benzene ring substituents is 1. The molecule has 6 nitrogen and oxygen atoms in total. The lowest BCUT2D eigenvalue weighted by atomic mass is 10.1. The first-order chi connectivity index (χ1) is 11.6. The second-order valence-corrected chi connectivity index (χ2v) is 6.10. The molecule has 2 aromatic rings. The highest BCUT2D eigenvalue weighted by atomic mass is 16.6. The topological polar surface area (TPSA) is 70.4 Å². The molecule has 0 amide bonds. The third-order valence-electron chi connectivity index (χ3n) is 4.58. The van der Waals surface area contributed by atoms with E-state index in [9.17, 15) is 10.1 Å². The molecule has 0 saturated carbocycles. The molecule has 0 fully saturated rings. The maximum absolute atomic E-state index is 11.4. The van der Waals surface area contributed by atoms with Crippen LogP contribution in [0.1, 0.15) is 12.5 Å². The number of rotatable bonds is 6. The molecule has 2 aromatic carbocycles. The van der Waals surface area contributed by atoms with Gasteiger partial charge in [0, 0.05) is 49.2 Å². The number of nitrogens with zero attached hydrogens (tertiary/aromatic N) is 2. The van der Waals surface area contributed by atoms with Gasteiger partial charge in [-0.05, 0) is 31.5 Å². The van der Waals surface area contributed by atoms with Crippen molar-refractivity contribution in [3.05, 3.63) is 58.1 Å². The largest absolute Gasteiger partial charge is 0.384 e. The minimum absolute atomic E-state index is 0.145. The number of para-hydroxylation sites is 1. The molecule has 0 spiro atoms. The first-order valence-electron chi connectivity index (χ1n) is 8.14. The molecule has 24 heavy (non-hydrogen) atoms. The predicted octanol–water partition coefficient (Wildman–Crippen LogP) is 3.50. The second-order valence-electron chi connectivity index (χ2n) is 6.10. The third kappa shape index (κ3) is 3.13. The van der Waals surface area contributed by atoms with Gasteiger partial charge in [0.2, 0.25) is 0 Å². The quantitative estimate of drug-likeness (QED) is 0.628. The summed E-state index contributed by atoms with van der Waals surface area (Å²) in [5.41, 5.74) is 3.93. The summed E-state index contributed by atoms with van der Waals surface area (Å²) in [5.74, 6) is 0. The van der Waals surface area contributed by atoms with Gasteiger partial charge < -0.3 is 15.5 Å². The molecule has 126 valence electrons. The highest BCUT2D eigenvalue weighted by molar-refractivity contribution is 5.77. The Hall–Kier alpha value is -2.76. The van der Waals surface area contributed by atoms with E-state index < -0.39 is 0 Å². The molecule has 1 aliphatic heterocycles. The highest BCUT2D eigenvalue weighted by Crippen LogP contribution is 2.36. The Morgan fingerprint density at radius 2 is 2.04 bits per heavy atom. The highest BCUT2D eigenvalue weighted by Gasteiger charge is 2.24. The van der Waals surface area contributed by atoms with Crippen molar-refractivity contribution >= 4 is 22.7 Å². The van der Waals surface area contributed by atoms with Crippen LogP contribution in [0.4, 0.5) is 22.7 Å². The molecule has 0 bridgehead atoms. The van der Waals surface area contributed by atoms with Crippen LogP contribution < -0.4 is 15.5 Å². The van der Waals surface area contributed by atoms with Crippen LogP contribution in [-0.2, 0) is 6.42 Å². The van der Waals surface area contributed by atoms with Gasteiger partial charge >= 0.3 is 0 Å². The zero-order valence-electron chi connectivity index (χ0n) is 14.0. The average Bonchev–Trinajstić information content (AvgIpc) is 3.08. The molecule has 2 N–H and O–H groups in total. The van der Waals surface area contributed by atoms with Crippen molar-refractivity contribution in [1.29, 1.82) is 0 Å². The number of nitro groups is 1. The van der Waals surface area contributed by atoms with Crippen LogP contribution in [0, 0.1) is 10.1 Å². The zero-order chi connectivity index (χ0) is 17.1. The minimum atomic E-state index is -0.313. The maximum atomic E-state index is 11.4. The van der Waals surface area contributed by atoms with Crippen LogP contribution in [0.3, 0.4) is 0 Å². The molecule has 0 aromatic heterocycles. The van der Waals surface area contributed by atoms with Crippen LogP contribution in [0.2, 0.25) is 0 Å². The van der Waals surface area contributed by atoms with Gasteiger partial charge in [-0.25, -0.2) is 0 Å². The Morgan fingerprint density at radius 1 is 1.29 bits per heavy atom. The zero-order valence-corrected chi connectivity index (χ0v) is 14.0. The Labute approximate surface area is 141 Å². The summed E-state index contributed by atoms with van der Waals surface area (Å²) in [6, 6.07) is 13.7. The monoisotopic (exact) mass is 326 g/mol. The van der Waals surface area contributed by atoms with Gasteiger partial charge in [0.05, 0.1) is 4.92 Å². The van der Waals surface area contributed by atoms with E-state index in [2.05, 4.69) is 34.6 Å². The van der Waals surface area contributed by atoms with E-state index in [0.29, 0.717) is 12.2 Å². The van der Waals surface area contributed by atoms with Crippen LogP contribution in [-0.4, -0.2) is 31.1 Å². The molecule has 3 rings (SSSR count). The van der Waals surface area contributed by atoms with Crippen LogP contribution >= 0.6 is 0 Å². The molecule has 1 aliphatic rings. The van der Waals surface area contributed by atoms with Gasteiger partial charge in [0.1, 0.15) is 5.69 Å². The Balaban J connectivity index is 1.77. The Morgan fingerprint density at radius 3 is 2.75 bits per heavy atom. The maximum Gasteiger partial charge on any atom is 0.292 e. The smallest absolute Gasteiger partial charge is 0.292 e. The lowest BCUT2D eigenvalue weighted by Gasteiger charge is -2.27. The van der Waals surface area contributed by atoms with E-state index in [-0.39, 0.29) is 16.7 Å².